The molecule has 0 radical (unpaired) electrons. The van der Waals surface area contributed by atoms with Crippen LogP contribution in [0.1, 0.15) is 44.7 Å². The zero-order valence-electron chi connectivity index (χ0n) is 15.9. The maximum absolute atomic E-state index is 14.8. The third-order valence-corrected chi connectivity index (χ3v) is 5.88. The highest BCUT2D eigenvalue weighted by molar-refractivity contribution is 7.20. The molecule has 0 amide bonds. The molecule has 3 heterocycles. The lowest BCUT2D eigenvalue weighted by Crippen LogP contribution is -2.27. The minimum atomic E-state index is -0.241. The molecule has 1 N–H and O–H groups in total. The lowest BCUT2D eigenvalue weighted by molar-refractivity contribution is 0.545. The second-order valence-corrected chi connectivity index (χ2v) is 8.04. The van der Waals surface area contributed by atoms with Gasteiger partial charge in [-0.1, -0.05) is 37.5 Å². The Labute approximate surface area is 167 Å². The largest absolute Gasteiger partial charge is 0.369 e. The summed E-state index contributed by atoms with van der Waals surface area (Å²) in [6, 6.07) is 6.67. The van der Waals surface area contributed by atoms with Crippen LogP contribution in [0.25, 0.3) is 4.96 Å². The van der Waals surface area contributed by atoms with Crippen molar-refractivity contribution in [3.63, 3.8) is 0 Å². The summed E-state index contributed by atoms with van der Waals surface area (Å²) in [5, 5.41) is 7.87. The summed E-state index contributed by atoms with van der Waals surface area (Å²) >= 11 is 1.28. The number of halogens is 1. The Morgan fingerprint density at radius 1 is 1.14 bits per heavy atom. The number of nitrogens with one attached hydrogen (secondary N) is 1. The second-order valence-electron chi connectivity index (χ2n) is 7.09. The van der Waals surface area contributed by atoms with Gasteiger partial charge in [0.1, 0.15) is 5.82 Å². The first-order valence-electron chi connectivity index (χ1n) is 9.85. The van der Waals surface area contributed by atoms with E-state index in [0.29, 0.717) is 27.9 Å². The molecule has 148 valence electrons. The summed E-state index contributed by atoms with van der Waals surface area (Å²) in [6.07, 6.45) is 6.60. The zero-order chi connectivity index (χ0) is 19.5. The fourth-order valence-corrected chi connectivity index (χ4v) is 4.39. The molecule has 4 rings (SSSR count). The third-order valence-electron chi connectivity index (χ3n) is 5.06. The van der Waals surface area contributed by atoms with Gasteiger partial charge in [0.15, 0.2) is 0 Å². The molecule has 2 aromatic heterocycles. The molecular weight excluding hydrogens is 377 g/mol. The quantitative estimate of drug-likeness (QED) is 0.703. The molecule has 0 saturated carbocycles. The molecule has 0 bridgehead atoms. The number of benzene rings is 1. The summed E-state index contributed by atoms with van der Waals surface area (Å²) in [6.45, 7) is 3.75. The van der Waals surface area contributed by atoms with Gasteiger partial charge in [-0.15, -0.1) is 5.10 Å². The minimum Gasteiger partial charge on any atom is -0.369 e. The van der Waals surface area contributed by atoms with Crippen LogP contribution in [0.15, 0.2) is 29.1 Å². The smallest absolute Gasteiger partial charge is 0.275 e. The van der Waals surface area contributed by atoms with E-state index in [4.69, 9.17) is 0 Å². The first-order chi connectivity index (χ1) is 13.6. The summed E-state index contributed by atoms with van der Waals surface area (Å²) in [5.74, 6) is -0.241. The average molecular weight is 402 g/mol. The van der Waals surface area contributed by atoms with E-state index in [1.165, 1.54) is 47.2 Å². The molecule has 1 aliphatic rings. The van der Waals surface area contributed by atoms with Crippen molar-refractivity contribution in [1.29, 1.82) is 0 Å². The van der Waals surface area contributed by atoms with Gasteiger partial charge in [-0.05, 0) is 37.5 Å². The van der Waals surface area contributed by atoms with Crippen LogP contribution in [0, 0.1) is 5.82 Å². The van der Waals surface area contributed by atoms with Crippen LogP contribution in [0.3, 0.4) is 0 Å². The lowest BCUT2D eigenvalue weighted by atomic mass is 10.1. The fourth-order valence-electron chi connectivity index (χ4n) is 3.54. The molecule has 3 aromatic rings. The van der Waals surface area contributed by atoms with Gasteiger partial charge in [0.2, 0.25) is 10.1 Å². The van der Waals surface area contributed by atoms with E-state index in [0.717, 1.165) is 31.6 Å². The van der Waals surface area contributed by atoms with Crippen LogP contribution < -0.4 is 15.8 Å². The molecule has 1 saturated heterocycles. The number of hydrogen-bond acceptors (Lipinski definition) is 6. The van der Waals surface area contributed by atoms with E-state index in [1.807, 2.05) is 19.1 Å². The zero-order valence-corrected chi connectivity index (χ0v) is 16.8. The Morgan fingerprint density at radius 3 is 2.61 bits per heavy atom. The minimum absolute atomic E-state index is 0.204. The maximum Gasteiger partial charge on any atom is 0.275 e. The molecule has 0 aliphatic carbocycles. The SMILES string of the molecule is CCc1cc(=O)n2nc(Nc3ccc(N4CCCCCCC4)c(F)c3)sc2n1. The van der Waals surface area contributed by atoms with E-state index in [-0.39, 0.29) is 11.4 Å². The Morgan fingerprint density at radius 2 is 1.89 bits per heavy atom. The van der Waals surface area contributed by atoms with Crippen molar-refractivity contribution in [3.05, 3.63) is 46.1 Å². The van der Waals surface area contributed by atoms with Crippen LogP contribution >= 0.6 is 11.3 Å². The van der Waals surface area contributed by atoms with Gasteiger partial charge < -0.3 is 10.2 Å². The maximum atomic E-state index is 14.8. The Balaban J connectivity index is 1.55. The van der Waals surface area contributed by atoms with E-state index in [9.17, 15) is 9.18 Å². The Bertz CT molecular complexity index is 1020. The van der Waals surface area contributed by atoms with Crippen LogP contribution in [0.2, 0.25) is 0 Å². The Hall–Kier alpha value is -2.48. The van der Waals surface area contributed by atoms with E-state index < -0.39 is 0 Å². The van der Waals surface area contributed by atoms with E-state index >= 15 is 0 Å². The molecular formula is C20H24FN5OS. The van der Waals surface area contributed by atoms with Gasteiger partial charge in [-0.2, -0.15) is 4.52 Å². The number of rotatable bonds is 4. The van der Waals surface area contributed by atoms with Gasteiger partial charge in [-0.25, -0.2) is 9.37 Å². The van der Waals surface area contributed by atoms with Gasteiger partial charge in [0.25, 0.3) is 5.56 Å². The predicted molar refractivity (Wildman–Crippen MR) is 111 cm³/mol. The van der Waals surface area contributed by atoms with Crippen molar-refractivity contribution >= 4 is 32.8 Å². The molecule has 1 aliphatic heterocycles. The predicted octanol–water partition coefficient (Wildman–Crippen LogP) is 4.37. The van der Waals surface area contributed by atoms with Crippen LogP contribution in [-0.2, 0) is 6.42 Å². The normalized spacial score (nSPS) is 15.4. The monoisotopic (exact) mass is 401 g/mol. The topological polar surface area (TPSA) is 62.5 Å². The highest BCUT2D eigenvalue weighted by atomic mass is 32.1. The molecule has 28 heavy (non-hydrogen) atoms. The standard InChI is InChI=1S/C20H24FN5OS/c1-2-14-13-18(27)26-20(23-14)28-19(24-26)22-15-8-9-17(16(21)12-15)25-10-6-4-3-5-7-11-25/h8-9,12-13H,2-7,10-11H2,1H3,(H,22,24). The molecule has 6 nitrogen and oxygen atoms in total. The average Bonchev–Trinajstić information content (AvgIpc) is 3.05. The second kappa shape index (κ2) is 8.26. The number of hydrogen-bond donors (Lipinski definition) is 1. The van der Waals surface area contributed by atoms with Crippen LogP contribution in [0.5, 0.6) is 0 Å². The molecule has 1 aromatic carbocycles. The molecule has 0 spiro atoms. The third kappa shape index (κ3) is 4.01. The van der Waals surface area contributed by atoms with E-state index in [1.54, 1.807) is 0 Å². The van der Waals surface area contributed by atoms with Crippen molar-refractivity contribution < 1.29 is 4.39 Å². The summed E-state index contributed by atoms with van der Waals surface area (Å²) in [5.41, 5.74) is 1.80. The number of aromatic nitrogens is 3. The molecule has 1 fully saturated rings. The van der Waals surface area contributed by atoms with Crippen molar-refractivity contribution in [3.8, 4) is 0 Å². The van der Waals surface area contributed by atoms with Gasteiger partial charge in [0, 0.05) is 30.5 Å². The van der Waals surface area contributed by atoms with Crippen molar-refractivity contribution in [2.24, 2.45) is 0 Å². The van der Waals surface area contributed by atoms with Gasteiger partial charge in [-0.3, -0.25) is 4.79 Å². The number of fused-ring (bicyclic) bond motifs is 1. The highest BCUT2D eigenvalue weighted by Crippen LogP contribution is 2.28. The lowest BCUT2D eigenvalue weighted by Gasteiger charge is -2.27. The fraction of sp³-hybridized carbons (Fsp3) is 0.450. The van der Waals surface area contributed by atoms with Gasteiger partial charge in [0.05, 0.1) is 5.69 Å². The van der Waals surface area contributed by atoms with Crippen molar-refractivity contribution in [2.75, 3.05) is 23.3 Å². The van der Waals surface area contributed by atoms with Crippen LogP contribution in [0.4, 0.5) is 20.9 Å². The first kappa shape index (κ1) is 18.9. The van der Waals surface area contributed by atoms with E-state index in [2.05, 4.69) is 20.3 Å². The molecule has 0 atom stereocenters. The first-order valence-corrected chi connectivity index (χ1v) is 10.7. The number of aryl methyl sites for hydroxylation is 1. The molecule has 8 heteroatoms. The van der Waals surface area contributed by atoms with Crippen LogP contribution in [-0.4, -0.2) is 27.7 Å². The molecule has 0 unspecified atom stereocenters. The van der Waals surface area contributed by atoms with Crippen molar-refractivity contribution in [1.82, 2.24) is 14.6 Å². The van der Waals surface area contributed by atoms with Crippen molar-refractivity contribution in [2.45, 2.75) is 45.4 Å². The number of anilines is 3. The summed E-state index contributed by atoms with van der Waals surface area (Å²) < 4.78 is 16.0. The number of nitrogens with zero attached hydrogens (tertiary/aromatic N) is 4. The summed E-state index contributed by atoms with van der Waals surface area (Å²) in [4.78, 5) is 19.2. The summed E-state index contributed by atoms with van der Waals surface area (Å²) in [7, 11) is 0. The Kier molecular flexibility index (Phi) is 5.57. The highest BCUT2D eigenvalue weighted by Gasteiger charge is 2.15. The van der Waals surface area contributed by atoms with Gasteiger partial charge >= 0.3 is 0 Å².